The van der Waals surface area contributed by atoms with E-state index >= 15 is 0 Å². The highest BCUT2D eigenvalue weighted by atomic mass is 35.5. The van der Waals surface area contributed by atoms with Gasteiger partial charge in [-0.25, -0.2) is 9.97 Å². The average Bonchev–Trinajstić information content (AvgIpc) is 2.16. The fourth-order valence-corrected chi connectivity index (χ4v) is 1.63. The van der Waals surface area contributed by atoms with E-state index in [-0.39, 0.29) is 5.28 Å². The van der Waals surface area contributed by atoms with Gasteiger partial charge in [0.2, 0.25) is 5.28 Å². The molecule has 2 nitrogen and oxygen atoms in total. The fraction of sp³-hybridized carbons (Fsp3) is 0.455. The Bertz CT molecular complexity index is 317. The highest BCUT2D eigenvalue weighted by Crippen LogP contribution is 2.12. The number of nitrogens with zero attached hydrogens (tertiary/aromatic N) is 2. The molecule has 4 heteroatoms. The minimum Gasteiger partial charge on any atom is -0.218 e. The van der Waals surface area contributed by atoms with Gasteiger partial charge >= 0.3 is 0 Å². The van der Waals surface area contributed by atoms with Crippen LogP contribution in [0.4, 0.5) is 0 Å². The first kappa shape index (κ1) is 12.5. The van der Waals surface area contributed by atoms with E-state index in [1.54, 1.807) is 6.07 Å². The van der Waals surface area contributed by atoms with E-state index in [1.807, 2.05) is 6.08 Å². The molecule has 0 bridgehead atoms. The summed E-state index contributed by atoms with van der Waals surface area (Å²) in [7, 11) is 0. The Morgan fingerprint density at radius 2 is 2.07 bits per heavy atom. The molecule has 0 atom stereocenters. The molecule has 1 rings (SSSR count). The van der Waals surface area contributed by atoms with Gasteiger partial charge in [-0.1, -0.05) is 37.4 Å². The molecule has 0 spiro atoms. The van der Waals surface area contributed by atoms with Crippen LogP contribution >= 0.6 is 23.2 Å². The third kappa shape index (κ3) is 5.14. The zero-order valence-electron chi connectivity index (χ0n) is 8.71. The van der Waals surface area contributed by atoms with Crippen LogP contribution in [0.25, 0.3) is 6.08 Å². The molecule has 0 aliphatic carbocycles. The van der Waals surface area contributed by atoms with Crippen molar-refractivity contribution in [2.24, 2.45) is 0 Å². The van der Waals surface area contributed by atoms with Crippen LogP contribution in [0.15, 0.2) is 12.1 Å². The lowest BCUT2D eigenvalue weighted by molar-refractivity contribution is 0.730. The van der Waals surface area contributed by atoms with Gasteiger partial charge < -0.3 is 0 Å². The van der Waals surface area contributed by atoms with Crippen LogP contribution < -0.4 is 0 Å². The number of unbranched alkanes of at least 4 members (excludes halogenated alkanes) is 3. The Hall–Kier alpha value is -0.600. The van der Waals surface area contributed by atoms with Crippen molar-refractivity contribution in [1.82, 2.24) is 9.97 Å². The van der Waals surface area contributed by atoms with Gasteiger partial charge in [-0.2, -0.15) is 0 Å². The van der Waals surface area contributed by atoms with Gasteiger partial charge in [0.15, 0.2) is 0 Å². The molecule has 0 unspecified atom stereocenters. The van der Waals surface area contributed by atoms with Crippen molar-refractivity contribution in [3.05, 3.63) is 28.3 Å². The maximum atomic E-state index is 5.74. The Morgan fingerprint density at radius 3 is 2.73 bits per heavy atom. The second-order valence-corrected chi connectivity index (χ2v) is 4.01. The summed E-state index contributed by atoms with van der Waals surface area (Å²) in [6, 6.07) is 1.70. The SMILES string of the molecule is CCCCC/C=C/c1cc(Cl)nc(Cl)n1. The highest BCUT2D eigenvalue weighted by molar-refractivity contribution is 6.31. The summed E-state index contributed by atoms with van der Waals surface area (Å²) in [5.41, 5.74) is 0.761. The Morgan fingerprint density at radius 1 is 1.27 bits per heavy atom. The van der Waals surface area contributed by atoms with E-state index < -0.39 is 0 Å². The minimum atomic E-state index is 0.190. The number of hydrogen-bond donors (Lipinski definition) is 0. The van der Waals surface area contributed by atoms with Crippen molar-refractivity contribution >= 4 is 29.3 Å². The van der Waals surface area contributed by atoms with Crippen molar-refractivity contribution in [1.29, 1.82) is 0 Å². The minimum absolute atomic E-state index is 0.190. The fourth-order valence-electron chi connectivity index (χ4n) is 1.21. The molecule has 0 N–H and O–H groups in total. The average molecular weight is 245 g/mol. The van der Waals surface area contributed by atoms with E-state index in [4.69, 9.17) is 23.2 Å². The number of aromatic nitrogens is 2. The first-order valence-corrected chi connectivity index (χ1v) is 5.84. The molecule has 0 amide bonds. The predicted octanol–water partition coefficient (Wildman–Crippen LogP) is 4.38. The summed E-state index contributed by atoms with van der Waals surface area (Å²) in [5, 5.41) is 0.568. The van der Waals surface area contributed by atoms with Gasteiger partial charge in [0, 0.05) is 6.07 Å². The second-order valence-electron chi connectivity index (χ2n) is 3.28. The largest absolute Gasteiger partial charge is 0.224 e. The van der Waals surface area contributed by atoms with Crippen molar-refractivity contribution in [2.75, 3.05) is 0 Å². The zero-order chi connectivity index (χ0) is 11.1. The lowest BCUT2D eigenvalue weighted by Crippen LogP contribution is -1.86. The Labute approximate surface area is 100 Å². The highest BCUT2D eigenvalue weighted by Gasteiger charge is 1.97. The number of allylic oxidation sites excluding steroid dienone is 1. The number of hydrogen-bond acceptors (Lipinski definition) is 2. The smallest absolute Gasteiger partial charge is 0.218 e. The molecular formula is C11H14Cl2N2. The van der Waals surface area contributed by atoms with Gasteiger partial charge in [-0.05, 0) is 30.5 Å². The second kappa shape index (κ2) is 6.81. The first-order valence-electron chi connectivity index (χ1n) is 5.09. The molecular weight excluding hydrogens is 231 g/mol. The number of halogens is 2. The topological polar surface area (TPSA) is 25.8 Å². The van der Waals surface area contributed by atoms with E-state index in [9.17, 15) is 0 Å². The van der Waals surface area contributed by atoms with E-state index in [2.05, 4.69) is 23.0 Å². The van der Waals surface area contributed by atoms with Crippen LogP contribution in [-0.2, 0) is 0 Å². The quantitative estimate of drug-likeness (QED) is 0.437. The van der Waals surface area contributed by atoms with Gasteiger partial charge in [0.25, 0.3) is 0 Å². The lowest BCUT2D eigenvalue weighted by Gasteiger charge is -1.95. The molecule has 0 aliphatic rings. The molecule has 82 valence electrons. The number of rotatable bonds is 5. The van der Waals surface area contributed by atoms with Crippen LogP contribution in [0.1, 0.15) is 38.3 Å². The predicted molar refractivity (Wildman–Crippen MR) is 65.2 cm³/mol. The molecule has 1 aromatic heterocycles. The van der Waals surface area contributed by atoms with Crippen molar-refractivity contribution in [2.45, 2.75) is 32.6 Å². The molecule has 0 saturated heterocycles. The van der Waals surface area contributed by atoms with Gasteiger partial charge in [-0.3, -0.25) is 0 Å². The summed E-state index contributed by atoms with van der Waals surface area (Å²) < 4.78 is 0. The summed E-state index contributed by atoms with van der Waals surface area (Å²) in [6.45, 7) is 2.19. The summed E-state index contributed by atoms with van der Waals surface area (Å²) in [4.78, 5) is 7.81. The molecule has 0 aromatic carbocycles. The Kier molecular flexibility index (Phi) is 5.66. The van der Waals surface area contributed by atoms with Crippen molar-refractivity contribution < 1.29 is 0 Å². The van der Waals surface area contributed by atoms with Gasteiger partial charge in [0.1, 0.15) is 5.15 Å². The molecule has 1 heterocycles. The maximum absolute atomic E-state index is 5.74. The van der Waals surface area contributed by atoms with Gasteiger partial charge in [-0.15, -0.1) is 0 Å². The third-order valence-electron chi connectivity index (χ3n) is 1.95. The first-order chi connectivity index (χ1) is 7.22. The molecule has 0 aliphatic heterocycles. The Balaban J connectivity index is 2.49. The van der Waals surface area contributed by atoms with Crippen LogP contribution in [0.3, 0.4) is 0 Å². The van der Waals surface area contributed by atoms with E-state index in [0.717, 1.165) is 12.1 Å². The van der Waals surface area contributed by atoms with E-state index in [0.29, 0.717) is 5.15 Å². The maximum Gasteiger partial charge on any atom is 0.224 e. The molecule has 0 saturated carbocycles. The van der Waals surface area contributed by atoms with Crippen LogP contribution in [0.5, 0.6) is 0 Å². The molecule has 0 fully saturated rings. The van der Waals surface area contributed by atoms with Crippen LogP contribution in [0, 0.1) is 0 Å². The summed E-state index contributed by atoms with van der Waals surface area (Å²) in [6.07, 6.45) is 8.78. The van der Waals surface area contributed by atoms with Crippen LogP contribution in [0.2, 0.25) is 10.4 Å². The standard InChI is InChI=1S/C11H14Cl2N2/c1-2-3-4-5-6-7-9-8-10(12)15-11(13)14-9/h6-8H,2-5H2,1H3/b7-6+. The molecule has 15 heavy (non-hydrogen) atoms. The third-order valence-corrected chi connectivity index (χ3v) is 2.31. The van der Waals surface area contributed by atoms with Crippen LogP contribution in [-0.4, -0.2) is 9.97 Å². The van der Waals surface area contributed by atoms with E-state index in [1.165, 1.54) is 19.3 Å². The van der Waals surface area contributed by atoms with Gasteiger partial charge in [0.05, 0.1) is 5.69 Å². The summed E-state index contributed by atoms with van der Waals surface area (Å²) in [5.74, 6) is 0. The summed E-state index contributed by atoms with van der Waals surface area (Å²) >= 11 is 11.4. The molecule has 0 radical (unpaired) electrons. The van der Waals surface area contributed by atoms with Crippen molar-refractivity contribution in [3.63, 3.8) is 0 Å². The van der Waals surface area contributed by atoms with Crippen molar-refractivity contribution in [3.8, 4) is 0 Å². The monoisotopic (exact) mass is 244 g/mol. The molecule has 1 aromatic rings. The lowest BCUT2D eigenvalue weighted by atomic mass is 10.2. The normalized spacial score (nSPS) is 11.1. The zero-order valence-corrected chi connectivity index (χ0v) is 10.2.